The van der Waals surface area contributed by atoms with Crippen molar-refractivity contribution < 1.29 is 14.3 Å². The lowest BCUT2D eigenvalue weighted by atomic mass is 10.1. The van der Waals surface area contributed by atoms with Crippen LogP contribution in [-0.4, -0.2) is 52.3 Å². The third-order valence-electron chi connectivity index (χ3n) is 4.17. The van der Waals surface area contributed by atoms with Crippen molar-refractivity contribution in [3.8, 4) is 5.75 Å². The monoisotopic (exact) mass is 316 g/mol. The average molecular weight is 316 g/mol. The van der Waals surface area contributed by atoms with Crippen LogP contribution in [0.5, 0.6) is 5.75 Å². The second kappa shape index (κ2) is 5.31. The van der Waals surface area contributed by atoms with Gasteiger partial charge in [0, 0.05) is 13.2 Å². The van der Waals surface area contributed by atoms with E-state index in [2.05, 4.69) is 10.3 Å². The van der Waals surface area contributed by atoms with Gasteiger partial charge in [0.1, 0.15) is 11.3 Å². The molecule has 0 atom stereocenters. The first-order chi connectivity index (χ1) is 11.2. The van der Waals surface area contributed by atoms with Gasteiger partial charge in [0.15, 0.2) is 6.73 Å². The minimum Gasteiger partial charge on any atom is -0.472 e. The number of amides is 1. The van der Waals surface area contributed by atoms with E-state index in [1.54, 1.807) is 24.1 Å². The number of hydrogen-bond donors (Lipinski definition) is 0. The van der Waals surface area contributed by atoms with Crippen molar-refractivity contribution in [3.63, 3.8) is 0 Å². The van der Waals surface area contributed by atoms with Crippen LogP contribution in [0.2, 0.25) is 0 Å². The molecule has 1 amide bonds. The third-order valence-corrected chi connectivity index (χ3v) is 4.17. The second-order valence-corrected chi connectivity index (χ2v) is 5.76. The molecule has 0 unspecified atom stereocenters. The minimum absolute atomic E-state index is 0.0685. The number of methoxy groups -OCH3 is 1. The summed E-state index contributed by atoms with van der Waals surface area (Å²) in [7, 11) is 1.56. The van der Waals surface area contributed by atoms with E-state index in [0.29, 0.717) is 35.4 Å². The zero-order chi connectivity index (χ0) is 16.0. The van der Waals surface area contributed by atoms with Crippen LogP contribution in [0.25, 0.3) is 10.9 Å². The van der Waals surface area contributed by atoms with Gasteiger partial charge in [-0.25, -0.2) is 4.68 Å². The second-order valence-electron chi connectivity index (χ2n) is 5.76. The highest BCUT2D eigenvalue weighted by Crippen LogP contribution is 2.34. The lowest BCUT2D eigenvalue weighted by Crippen LogP contribution is -2.40. The standard InChI is InChI=1S/C15H16N4O4/c1-22-5-4-19-15(21)10-7-13-11(6-12(10)16-17-19)14(20)18(8-23-13)9-2-3-9/h6-7,9H,2-5,8H2,1H3. The SMILES string of the molecule is COCCn1nnc2cc3c(cc2c1=O)OCN(C1CC1)C3=O. The number of carbonyl (C=O) groups is 1. The largest absolute Gasteiger partial charge is 0.472 e. The molecule has 0 saturated heterocycles. The molecule has 8 heteroatoms. The highest BCUT2D eigenvalue weighted by Gasteiger charge is 2.37. The van der Waals surface area contributed by atoms with Crippen LogP contribution >= 0.6 is 0 Å². The van der Waals surface area contributed by atoms with Gasteiger partial charge >= 0.3 is 0 Å². The maximum Gasteiger partial charge on any atom is 0.277 e. The van der Waals surface area contributed by atoms with E-state index in [9.17, 15) is 9.59 Å². The number of carbonyl (C=O) groups excluding carboxylic acids is 1. The van der Waals surface area contributed by atoms with Gasteiger partial charge in [-0.05, 0) is 25.0 Å². The Balaban J connectivity index is 1.78. The Hall–Kier alpha value is -2.48. The van der Waals surface area contributed by atoms with Crippen molar-refractivity contribution in [2.45, 2.75) is 25.4 Å². The predicted octanol–water partition coefficient (Wildman–Crippen LogP) is 0.392. The van der Waals surface area contributed by atoms with Crippen molar-refractivity contribution in [1.82, 2.24) is 19.9 Å². The summed E-state index contributed by atoms with van der Waals surface area (Å²) in [5, 5.41) is 8.34. The Morgan fingerprint density at radius 1 is 1.35 bits per heavy atom. The molecule has 1 aromatic carbocycles. The summed E-state index contributed by atoms with van der Waals surface area (Å²) in [5.74, 6) is 0.365. The quantitative estimate of drug-likeness (QED) is 0.811. The summed E-state index contributed by atoms with van der Waals surface area (Å²) in [5.41, 5.74) is 0.575. The lowest BCUT2D eigenvalue weighted by Gasteiger charge is -2.28. The van der Waals surface area contributed by atoms with Gasteiger partial charge in [-0.2, -0.15) is 0 Å². The topological polar surface area (TPSA) is 86.5 Å². The molecular weight excluding hydrogens is 300 g/mol. The van der Waals surface area contributed by atoms with E-state index in [1.165, 1.54) is 4.68 Å². The Morgan fingerprint density at radius 3 is 2.91 bits per heavy atom. The maximum absolute atomic E-state index is 12.5. The molecule has 1 saturated carbocycles. The van der Waals surface area contributed by atoms with E-state index in [4.69, 9.17) is 9.47 Å². The van der Waals surface area contributed by atoms with Crippen LogP contribution in [0.15, 0.2) is 16.9 Å². The molecule has 2 heterocycles. The van der Waals surface area contributed by atoms with Crippen molar-refractivity contribution in [3.05, 3.63) is 28.0 Å². The fourth-order valence-electron chi connectivity index (χ4n) is 2.72. The van der Waals surface area contributed by atoms with Crippen LogP contribution in [0.4, 0.5) is 0 Å². The van der Waals surface area contributed by atoms with Crippen molar-refractivity contribution in [1.29, 1.82) is 0 Å². The van der Waals surface area contributed by atoms with Crippen molar-refractivity contribution in [2.24, 2.45) is 0 Å². The van der Waals surface area contributed by atoms with Gasteiger partial charge in [-0.15, -0.1) is 5.10 Å². The number of ether oxygens (including phenoxy) is 2. The first-order valence-corrected chi connectivity index (χ1v) is 7.53. The first-order valence-electron chi connectivity index (χ1n) is 7.53. The Kier molecular flexibility index (Phi) is 3.26. The molecule has 4 rings (SSSR count). The number of hydrogen-bond acceptors (Lipinski definition) is 6. The number of aromatic nitrogens is 3. The number of benzene rings is 1. The molecule has 0 radical (unpaired) electrons. The summed E-state index contributed by atoms with van der Waals surface area (Å²) < 4.78 is 11.9. The fourth-order valence-corrected chi connectivity index (χ4v) is 2.72. The molecule has 0 N–H and O–H groups in total. The Labute approximate surface area is 131 Å². The molecule has 1 aliphatic heterocycles. The molecule has 8 nitrogen and oxygen atoms in total. The van der Waals surface area contributed by atoms with E-state index in [0.717, 1.165) is 12.8 Å². The van der Waals surface area contributed by atoms with E-state index < -0.39 is 0 Å². The van der Waals surface area contributed by atoms with Gasteiger partial charge in [0.25, 0.3) is 11.5 Å². The third kappa shape index (κ3) is 2.35. The summed E-state index contributed by atoms with van der Waals surface area (Å²) in [6, 6.07) is 3.46. The Morgan fingerprint density at radius 2 is 2.17 bits per heavy atom. The molecule has 1 aromatic heterocycles. The number of nitrogens with zero attached hydrogens (tertiary/aromatic N) is 4. The van der Waals surface area contributed by atoms with Gasteiger partial charge < -0.3 is 14.4 Å². The fraction of sp³-hybridized carbons (Fsp3) is 0.467. The normalized spacial score (nSPS) is 17.3. The molecule has 2 aliphatic rings. The Bertz CT molecular complexity index is 843. The first kappa shape index (κ1) is 14.1. The zero-order valence-electron chi connectivity index (χ0n) is 12.7. The van der Waals surface area contributed by atoms with Crippen LogP contribution in [0.1, 0.15) is 23.2 Å². The van der Waals surface area contributed by atoms with Crippen molar-refractivity contribution >= 4 is 16.8 Å². The highest BCUT2D eigenvalue weighted by atomic mass is 16.5. The van der Waals surface area contributed by atoms with Crippen LogP contribution < -0.4 is 10.3 Å². The zero-order valence-corrected chi connectivity index (χ0v) is 12.7. The smallest absolute Gasteiger partial charge is 0.277 e. The van der Waals surface area contributed by atoms with Crippen LogP contribution in [-0.2, 0) is 11.3 Å². The molecular formula is C15H16N4O4. The summed E-state index contributed by atoms with van der Waals surface area (Å²) >= 11 is 0. The van der Waals surface area contributed by atoms with E-state index in [1.807, 2.05) is 0 Å². The summed E-state index contributed by atoms with van der Waals surface area (Å²) in [4.78, 5) is 26.7. The molecule has 120 valence electrons. The molecule has 0 spiro atoms. The molecule has 1 aliphatic carbocycles. The summed E-state index contributed by atoms with van der Waals surface area (Å²) in [6.45, 7) is 0.930. The van der Waals surface area contributed by atoms with Gasteiger partial charge in [0.05, 0.1) is 24.1 Å². The number of fused-ring (bicyclic) bond motifs is 2. The van der Waals surface area contributed by atoms with Gasteiger partial charge in [-0.3, -0.25) is 9.59 Å². The number of rotatable bonds is 4. The summed E-state index contributed by atoms with van der Waals surface area (Å²) in [6.07, 6.45) is 2.03. The van der Waals surface area contributed by atoms with Crippen LogP contribution in [0, 0.1) is 0 Å². The van der Waals surface area contributed by atoms with E-state index >= 15 is 0 Å². The molecule has 1 fully saturated rings. The molecule has 2 aromatic rings. The predicted molar refractivity (Wildman–Crippen MR) is 80.4 cm³/mol. The molecule has 0 bridgehead atoms. The van der Waals surface area contributed by atoms with Crippen molar-refractivity contribution in [2.75, 3.05) is 20.4 Å². The minimum atomic E-state index is -0.268. The van der Waals surface area contributed by atoms with Gasteiger partial charge in [0.2, 0.25) is 0 Å². The highest BCUT2D eigenvalue weighted by molar-refractivity contribution is 6.01. The lowest BCUT2D eigenvalue weighted by molar-refractivity contribution is 0.0499. The molecule has 23 heavy (non-hydrogen) atoms. The van der Waals surface area contributed by atoms with E-state index in [-0.39, 0.29) is 24.2 Å². The van der Waals surface area contributed by atoms with Crippen LogP contribution in [0.3, 0.4) is 0 Å². The average Bonchev–Trinajstić information content (AvgIpc) is 3.39. The maximum atomic E-state index is 12.5. The van der Waals surface area contributed by atoms with Gasteiger partial charge in [-0.1, -0.05) is 5.21 Å².